The molecule has 0 radical (unpaired) electrons. The highest BCUT2D eigenvalue weighted by Crippen LogP contribution is 2.41. The first-order valence-corrected chi connectivity index (χ1v) is 7.55. The maximum atomic E-state index is 5.96. The van der Waals surface area contributed by atoms with Crippen molar-refractivity contribution in [2.24, 2.45) is 4.99 Å². The summed E-state index contributed by atoms with van der Waals surface area (Å²) in [5.74, 6) is 1.70. The van der Waals surface area contributed by atoms with E-state index in [0.29, 0.717) is 0 Å². The molecule has 0 saturated carbocycles. The highest BCUT2D eigenvalue weighted by molar-refractivity contribution is 7.12. The van der Waals surface area contributed by atoms with E-state index in [2.05, 4.69) is 15.2 Å². The molecule has 0 spiro atoms. The number of nitrogens with one attached hydrogen (secondary N) is 1. The van der Waals surface area contributed by atoms with E-state index in [1.54, 1.807) is 17.5 Å². The Bertz CT molecular complexity index is 661. The van der Waals surface area contributed by atoms with Gasteiger partial charge in [0.2, 0.25) is 5.06 Å². The molecule has 1 fully saturated rings. The van der Waals surface area contributed by atoms with Crippen LogP contribution < -0.4 is 10.1 Å². The van der Waals surface area contributed by atoms with E-state index < -0.39 is 0 Å². The van der Waals surface area contributed by atoms with Crippen molar-refractivity contribution in [1.82, 2.24) is 15.2 Å². The fourth-order valence-corrected chi connectivity index (χ4v) is 3.15. The van der Waals surface area contributed by atoms with E-state index in [1.165, 1.54) is 0 Å². The Kier molecular flexibility index (Phi) is 2.90. The maximum absolute atomic E-state index is 5.96. The first-order valence-electron chi connectivity index (χ1n) is 6.67. The summed E-state index contributed by atoms with van der Waals surface area (Å²) in [5, 5.41) is 6.20. The minimum absolute atomic E-state index is 0.783. The number of rotatable bonds is 0. The van der Waals surface area contributed by atoms with Crippen LogP contribution in [0, 0.1) is 0 Å². The van der Waals surface area contributed by atoms with Gasteiger partial charge in [0.25, 0.3) is 0 Å². The van der Waals surface area contributed by atoms with Crippen LogP contribution in [0.15, 0.2) is 34.8 Å². The molecule has 2 aliphatic heterocycles. The summed E-state index contributed by atoms with van der Waals surface area (Å²) < 4.78 is 5.96. The molecule has 0 bridgehead atoms. The second-order valence-electron chi connectivity index (χ2n) is 4.72. The Morgan fingerprint density at radius 3 is 3.05 bits per heavy atom. The van der Waals surface area contributed by atoms with Gasteiger partial charge in [-0.2, -0.15) is 0 Å². The lowest BCUT2D eigenvalue weighted by atomic mass is 10.2. The number of amidine groups is 1. The van der Waals surface area contributed by atoms with E-state index >= 15 is 0 Å². The topological polar surface area (TPSA) is 49.8 Å². The number of fused-ring (bicyclic) bond motifs is 2. The number of piperazine rings is 1. The largest absolute Gasteiger partial charge is 0.442 e. The SMILES string of the molecule is c1cnc2c(c1)Oc1sccc1N=C2N1CCNCC1. The number of aliphatic imine (C=N–C) groups is 1. The van der Waals surface area contributed by atoms with Crippen LogP contribution >= 0.6 is 11.3 Å². The van der Waals surface area contributed by atoms with Gasteiger partial charge >= 0.3 is 0 Å². The van der Waals surface area contributed by atoms with E-state index in [-0.39, 0.29) is 0 Å². The summed E-state index contributed by atoms with van der Waals surface area (Å²) in [6, 6.07) is 5.84. The number of hydrogen-bond acceptors (Lipinski definition) is 6. The zero-order valence-corrected chi connectivity index (χ0v) is 11.7. The zero-order chi connectivity index (χ0) is 13.4. The van der Waals surface area contributed by atoms with Crippen LogP contribution in [0.2, 0.25) is 0 Å². The Morgan fingerprint density at radius 2 is 2.15 bits per heavy atom. The highest BCUT2D eigenvalue weighted by atomic mass is 32.1. The van der Waals surface area contributed by atoms with Crippen LogP contribution in [-0.4, -0.2) is 41.9 Å². The first kappa shape index (κ1) is 11.9. The predicted molar refractivity (Wildman–Crippen MR) is 79.3 cm³/mol. The number of ether oxygens (including phenoxy) is 1. The second-order valence-corrected chi connectivity index (χ2v) is 5.60. The molecule has 1 saturated heterocycles. The predicted octanol–water partition coefficient (Wildman–Crippen LogP) is 2.23. The number of hydrogen-bond donors (Lipinski definition) is 1. The van der Waals surface area contributed by atoms with Crippen LogP contribution in [0.5, 0.6) is 10.8 Å². The number of nitrogens with zero attached hydrogens (tertiary/aromatic N) is 3. The van der Waals surface area contributed by atoms with Gasteiger partial charge in [0.15, 0.2) is 11.6 Å². The van der Waals surface area contributed by atoms with Crippen molar-refractivity contribution in [3.05, 3.63) is 35.5 Å². The maximum Gasteiger partial charge on any atom is 0.206 e. The van der Waals surface area contributed by atoms with Crippen LogP contribution in [-0.2, 0) is 0 Å². The molecule has 1 N–H and O–H groups in total. The second kappa shape index (κ2) is 4.88. The Labute approximate surface area is 120 Å². The molecular weight excluding hydrogens is 272 g/mol. The lowest BCUT2D eigenvalue weighted by Crippen LogP contribution is -2.46. The molecule has 5 nitrogen and oxygen atoms in total. The summed E-state index contributed by atoms with van der Waals surface area (Å²) in [4.78, 5) is 11.6. The molecule has 20 heavy (non-hydrogen) atoms. The zero-order valence-electron chi connectivity index (χ0n) is 10.9. The van der Waals surface area contributed by atoms with Crippen molar-refractivity contribution in [3.8, 4) is 10.8 Å². The third kappa shape index (κ3) is 1.97. The lowest BCUT2D eigenvalue weighted by molar-refractivity contribution is 0.357. The van der Waals surface area contributed by atoms with E-state index in [0.717, 1.165) is 54.2 Å². The number of aromatic nitrogens is 1. The van der Waals surface area contributed by atoms with Crippen LogP contribution in [0.25, 0.3) is 0 Å². The highest BCUT2D eigenvalue weighted by Gasteiger charge is 2.25. The van der Waals surface area contributed by atoms with Crippen LogP contribution in [0.3, 0.4) is 0 Å². The smallest absolute Gasteiger partial charge is 0.206 e. The minimum atomic E-state index is 0.783. The Balaban J connectivity index is 1.85. The van der Waals surface area contributed by atoms with E-state index in [4.69, 9.17) is 9.73 Å². The van der Waals surface area contributed by atoms with Gasteiger partial charge in [-0.05, 0) is 23.6 Å². The molecule has 4 heterocycles. The van der Waals surface area contributed by atoms with E-state index in [9.17, 15) is 0 Å². The lowest BCUT2D eigenvalue weighted by Gasteiger charge is -2.29. The number of pyridine rings is 1. The molecule has 6 heteroatoms. The normalized spacial score (nSPS) is 17.6. The van der Waals surface area contributed by atoms with Gasteiger partial charge < -0.3 is 15.0 Å². The Morgan fingerprint density at radius 1 is 1.25 bits per heavy atom. The minimum Gasteiger partial charge on any atom is -0.442 e. The quantitative estimate of drug-likeness (QED) is 0.807. The fraction of sp³-hybridized carbons (Fsp3) is 0.286. The molecule has 2 aromatic heterocycles. The van der Waals surface area contributed by atoms with Gasteiger partial charge in [-0.1, -0.05) is 0 Å². The summed E-state index contributed by atoms with van der Waals surface area (Å²) in [6.07, 6.45) is 1.79. The molecule has 0 aliphatic carbocycles. The van der Waals surface area contributed by atoms with Crippen molar-refractivity contribution in [2.45, 2.75) is 0 Å². The number of thiophene rings is 1. The molecular formula is C14H14N4OS. The van der Waals surface area contributed by atoms with Crippen molar-refractivity contribution in [3.63, 3.8) is 0 Å². The van der Waals surface area contributed by atoms with E-state index in [1.807, 2.05) is 23.6 Å². The first-order chi connectivity index (χ1) is 9.92. The van der Waals surface area contributed by atoms with Gasteiger partial charge in [-0.15, -0.1) is 11.3 Å². The molecule has 0 amide bonds. The molecule has 4 rings (SSSR count). The van der Waals surface area contributed by atoms with Crippen molar-refractivity contribution >= 4 is 22.9 Å². The molecule has 2 aliphatic rings. The summed E-state index contributed by atoms with van der Waals surface area (Å²) >= 11 is 1.56. The van der Waals surface area contributed by atoms with Crippen molar-refractivity contribution in [1.29, 1.82) is 0 Å². The average molecular weight is 286 g/mol. The van der Waals surface area contributed by atoms with Gasteiger partial charge in [0.1, 0.15) is 11.4 Å². The van der Waals surface area contributed by atoms with Crippen LogP contribution in [0.1, 0.15) is 5.69 Å². The van der Waals surface area contributed by atoms with Crippen molar-refractivity contribution in [2.75, 3.05) is 26.2 Å². The van der Waals surface area contributed by atoms with Crippen molar-refractivity contribution < 1.29 is 4.74 Å². The molecule has 2 aromatic rings. The summed E-state index contributed by atoms with van der Waals surface area (Å²) in [5.41, 5.74) is 1.72. The monoisotopic (exact) mass is 286 g/mol. The molecule has 0 aromatic carbocycles. The van der Waals surface area contributed by atoms with Gasteiger partial charge in [0.05, 0.1) is 0 Å². The standard InChI is InChI=1S/C14H14N4OS/c1-2-11-12(16-4-1)13(18-7-5-15-6-8-18)17-10-3-9-20-14(10)19-11/h1-4,9,15H,5-8H2. The average Bonchev–Trinajstić information content (AvgIpc) is 2.87. The summed E-state index contributed by atoms with van der Waals surface area (Å²) in [6.45, 7) is 3.82. The van der Waals surface area contributed by atoms with Crippen LogP contribution in [0.4, 0.5) is 5.69 Å². The van der Waals surface area contributed by atoms with Gasteiger partial charge in [-0.25, -0.2) is 9.98 Å². The third-order valence-corrected chi connectivity index (χ3v) is 4.22. The molecule has 0 atom stereocenters. The van der Waals surface area contributed by atoms with Gasteiger partial charge in [-0.3, -0.25) is 0 Å². The summed E-state index contributed by atoms with van der Waals surface area (Å²) in [7, 11) is 0. The third-order valence-electron chi connectivity index (χ3n) is 3.44. The molecule has 102 valence electrons. The van der Waals surface area contributed by atoms with Gasteiger partial charge in [0, 0.05) is 32.4 Å². The Hall–Kier alpha value is -1.92. The molecule has 0 unspecified atom stereocenters. The fourth-order valence-electron chi connectivity index (χ4n) is 2.45.